The van der Waals surface area contributed by atoms with Gasteiger partial charge in [0.05, 0.1) is 30.7 Å². The lowest BCUT2D eigenvalue weighted by Crippen LogP contribution is -2.31. The first-order valence-corrected chi connectivity index (χ1v) is 11.1. The number of benzene rings is 3. The van der Waals surface area contributed by atoms with Crippen LogP contribution in [-0.4, -0.2) is 45.2 Å². The highest BCUT2D eigenvalue weighted by atomic mass is 35.5. The van der Waals surface area contributed by atoms with E-state index < -0.39 is 5.97 Å². The second-order valence-corrected chi connectivity index (χ2v) is 8.19. The van der Waals surface area contributed by atoms with Gasteiger partial charge < -0.3 is 19.1 Å². The molecule has 7 nitrogen and oxygen atoms in total. The Balaban J connectivity index is 1.78. The number of carbonyl (C=O) groups excluding carboxylic acids is 3. The minimum atomic E-state index is -0.561. The standard InChI is InChI=1S/C25H23Cl2NO6/c1-4-33-23(30)9-15-5-7-19(8-6-15)28(2)22(29)14-34-21-12-17(25(31)32-3)10-16-11-18(26)13-20(27)24(16)21/h5-8,10-13H,4,9,14H2,1-3H3. The van der Waals surface area contributed by atoms with E-state index in [1.165, 1.54) is 18.1 Å². The normalized spacial score (nSPS) is 10.6. The van der Waals surface area contributed by atoms with E-state index in [9.17, 15) is 14.4 Å². The fourth-order valence-corrected chi connectivity index (χ4v) is 3.94. The quantitative estimate of drug-likeness (QED) is 0.398. The number of halogens is 2. The van der Waals surface area contributed by atoms with Crippen LogP contribution in [0, 0.1) is 0 Å². The molecule has 3 aromatic rings. The molecule has 0 saturated heterocycles. The van der Waals surface area contributed by atoms with Gasteiger partial charge in [-0.3, -0.25) is 9.59 Å². The van der Waals surface area contributed by atoms with Crippen LogP contribution in [0.2, 0.25) is 10.0 Å². The molecular weight excluding hydrogens is 481 g/mol. The van der Waals surface area contributed by atoms with Crippen LogP contribution in [0.1, 0.15) is 22.8 Å². The summed E-state index contributed by atoms with van der Waals surface area (Å²) in [5.74, 6) is -0.949. The summed E-state index contributed by atoms with van der Waals surface area (Å²) in [5, 5.41) is 1.82. The number of methoxy groups -OCH3 is 1. The minimum Gasteiger partial charge on any atom is -0.483 e. The maximum absolute atomic E-state index is 12.8. The second-order valence-electron chi connectivity index (χ2n) is 7.34. The number of carbonyl (C=O) groups is 3. The van der Waals surface area contributed by atoms with Crippen molar-refractivity contribution in [3.8, 4) is 5.75 Å². The molecular formula is C25H23Cl2NO6. The number of fused-ring (bicyclic) bond motifs is 1. The molecule has 0 heterocycles. The Hall–Kier alpha value is -3.29. The van der Waals surface area contributed by atoms with Crippen LogP contribution in [0.3, 0.4) is 0 Å². The van der Waals surface area contributed by atoms with E-state index in [1.54, 1.807) is 56.4 Å². The number of ether oxygens (including phenoxy) is 3. The number of hydrogen-bond acceptors (Lipinski definition) is 6. The molecule has 1 amide bonds. The van der Waals surface area contributed by atoms with E-state index in [0.29, 0.717) is 33.1 Å². The summed E-state index contributed by atoms with van der Waals surface area (Å²) < 4.78 is 15.5. The van der Waals surface area contributed by atoms with E-state index in [-0.39, 0.29) is 36.2 Å². The van der Waals surface area contributed by atoms with Gasteiger partial charge in [0, 0.05) is 23.1 Å². The Morgan fingerprint density at radius 1 is 1.00 bits per heavy atom. The van der Waals surface area contributed by atoms with E-state index in [1.807, 2.05) is 0 Å². The molecule has 0 aliphatic carbocycles. The molecule has 0 aromatic heterocycles. The average Bonchev–Trinajstić information content (AvgIpc) is 2.81. The third-order valence-corrected chi connectivity index (χ3v) is 5.57. The van der Waals surface area contributed by atoms with Crippen molar-refractivity contribution in [2.75, 3.05) is 32.3 Å². The predicted octanol–water partition coefficient (Wildman–Crippen LogP) is 5.08. The topological polar surface area (TPSA) is 82.1 Å². The Morgan fingerprint density at radius 3 is 2.35 bits per heavy atom. The van der Waals surface area contributed by atoms with Crippen molar-refractivity contribution in [2.45, 2.75) is 13.3 Å². The first-order chi connectivity index (χ1) is 16.2. The molecule has 0 N–H and O–H groups in total. The van der Waals surface area contributed by atoms with E-state index in [0.717, 1.165) is 5.56 Å². The number of likely N-dealkylation sites (N-methyl/N-ethyl adjacent to an activating group) is 1. The van der Waals surface area contributed by atoms with Gasteiger partial charge in [-0.25, -0.2) is 4.79 Å². The number of esters is 2. The average molecular weight is 504 g/mol. The molecule has 0 atom stereocenters. The molecule has 0 bridgehead atoms. The van der Waals surface area contributed by atoms with Crippen molar-refractivity contribution in [1.82, 2.24) is 0 Å². The van der Waals surface area contributed by atoms with Crippen LogP contribution in [0.15, 0.2) is 48.5 Å². The first-order valence-electron chi connectivity index (χ1n) is 10.4. The fraction of sp³-hybridized carbons (Fsp3) is 0.240. The Bertz CT molecular complexity index is 1230. The van der Waals surface area contributed by atoms with Gasteiger partial charge in [-0.2, -0.15) is 0 Å². The molecule has 34 heavy (non-hydrogen) atoms. The maximum atomic E-state index is 12.8. The Labute approximate surface area is 207 Å². The van der Waals surface area contributed by atoms with Crippen molar-refractivity contribution in [3.05, 3.63) is 69.7 Å². The maximum Gasteiger partial charge on any atom is 0.338 e. The SMILES string of the molecule is CCOC(=O)Cc1ccc(N(C)C(=O)COc2cc(C(=O)OC)cc3cc(Cl)cc(Cl)c23)cc1. The number of anilines is 1. The first kappa shape index (κ1) is 25.3. The number of nitrogens with zero attached hydrogens (tertiary/aromatic N) is 1. The van der Waals surface area contributed by atoms with Gasteiger partial charge in [0.2, 0.25) is 0 Å². The predicted molar refractivity (Wildman–Crippen MR) is 131 cm³/mol. The molecule has 0 fully saturated rings. The molecule has 9 heteroatoms. The molecule has 0 aliphatic heterocycles. The van der Waals surface area contributed by atoms with Crippen LogP contribution < -0.4 is 9.64 Å². The lowest BCUT2D eigenvalue weighted by molar-refractivity contribution is -0.142. The molecule has 0 aliphatic rings. The summed E-state index contributed by atoms with van der Waals surface area (Å²) in [4.78, 5) is 38.0. The molecule has 0 radical (unpaired) electrons. The molecule has 3 rings (SSSR count). The van der Waals surface area contributed by atoms with Gasteiger partial charge in [-0.15, -0.1) is 0 Å². The highest BCUT2D eigenvalue weighted by Gasteiger charge is 2.18. The van der Waals surface area contributed by atoms with Crippen LogP contribution in [0.4, 0.5) is 5.69 Å². The van der Waals surface area contributed by atoms with Crippen LogP contribution in [-0.2, 0) is 25.5 Å². The highest BCUT2D eigenvalue weighted by Crippen LogP contribution is 2.36. The van der Waals surface area contributed by atoms with Gasteiger partial charge in [-0.1, -0.05) is 35.3 Å². The zero-order valence-electron chi connectivity index (χ0n) is 18.9. The summed E-state index contributed by atoms with van der Waals surface area (Å²) in [5.41, 5.74) is 1.64. The van der Waals surface area contributed by atoms with Crippen molar-refractivity contribution in [1.29, 1.82) is 0 Å². The Morgan fingerprint density at radius 2 is 1.71 bits per heavy atom. The van der Waals surface area contributed by atoms with E-state index >= 15 is 0 Å². The van der Waals surface area contributed by atoms with Gasteiger partial charge in [0.1, 0.15) is 5.75 Å². The van der Waals surface area contributed by atoms with Crippen LogP contribution >= 0.6 is 23.2 Å². The van der Waals surface area contributed by atoms with Gasteiger partial charge in [0.25, 0.3) is 5.91 Å². The molecule has 0 unspecified atom stereocenters. The molecule has 3 aromatic carbocycles. The van der Waals surface area contributed by atoms with Gasteiger partial charge in [-0.05, 0) is 54.3 Å². The lowest BCUT2D eigenvalue weighted by atomic mass is 10.1. The minimum absolute atomic E-state index is 0.156. The van der Waals surface area contributed by atoms with Gasteiger partial charge >= 0.3 is 11.9 Å². The Kier molecular flexibility index (Phi) is 8.36. The third-order valence-electron chi connectivity index (χ3n) is 5.05. The number of rotatable bonds is 8. The number of amides is 1. The number of hydrogen-bond donors (Lipinski definition) is 0. The molecule has 0 spiro atoms. The third kappa shape index (κ3) is 5.98. The van der Waals surface area contributed by atoms with E-state index in [2.05, 4.69) is 0 Å². The fourth-order valence-electron chi connectivity index (χ4n) is 3.34. The largest absolute Gasteiger partial charge is 0.483 e. The summed E-state index contributed by atoms with van der Waals surface area (Å²) in [7, 11) is 2.89. The van der Waals surface area contributed by atoms with Crippen molar-refractivity contribution >= 4 is 57.5 Å². The monoisotopic (exact) mass is 503 g/mol. The van der Waals surface area contributed by atoms with E-state index in [4.69, 9.17) is 37.4 Å². The lowest BCUT2D eigenvalue weighted by Gasteiger charge is -2.19. The van der Waals surface area contributed by atoms with Crippen LogP contribution in [0.25, 0.3) is 10.8 Å². The summed E-state index contributed by atoms with van der Waals surface area (Å²) in [6, 6.07) is 13.3. The smallest absolute Gasteiger partial charge is 0.338 e. The molecule has 0 saturated carbocycles. The second kappa shape index (κ2) is 11.2. The summed E-state index contributed by atoms with van der Waals surface area (Å²) >= 11 is 12.5. The van der Waals surface area contributed by atoms with Crippen LogP contribution in [0.5, 0.6) is 5.75 Å². The molecule has 178 valence electrons. The van der Waals surface area contributed by atoms with Crippen molar-refractivity contribution < 1.29 is 28.6 Å². The zero-order chi connectivity index (χ0) is 24.8. The summed E-state index contributed by atoms with van der Waals surface area (Å²) in [6.45, 7) is 1.77. The van der Waals surface area contributed by atoms with Gasteiger partial charge in [0.15, 0.2) is 6.61 Å². The van der Waals surface area contributed by atoms with Crippen molar-refractivity contribution in [2.24, 2.45) is 0 Å². The summed E-state index contributed by atoms with van der Waals surface area (Å²) in [6.07, 6.45) is 0.156. The zero-order valence-corrected chi connectivity index (χ0v) is 20.4. The van der Waals surface area contributed by atoms with Crippen molar-refractivity contribution in [3.63, 3.8) is 0 Å². The highest BCUT2D eigenvalue weighted by molar-refractivity contribution is 6.39.